The SMILES string of the molecule is O=C(OCc1ccccc1)N1CCC(O)(c2scnc2Br)CC1. The van der Waals surface area contributed by atoms with Gasteiger partial charge < -0.3 is 14.7 Å². The van der Waals surface area contributed by atoms with Crippen molar-refractivity contribution in [3.05, 3.63) is 50.9 Å². The second-order valence-corrected chi connectivity index (χ2v) is 7.14. The Balaban J connectivity index is 1.54. The molecular weight excluding hydrogens is 380 g/mol. The molecule has 1 fully saturated rings. The van der Waals surface area contributed by atoms with Crippen molar-refractivity contribution in [2.75, 3.05) is 13.1 Å². The van der Waals surface area contributed by atoms with Crippen molar-refractivity contribution < 1.29 is 14.6 Å². The van der Waals surface area contributed by atoms with E-state index in [0.29, 0.717) is 30.5 Å². The minimum Gasteiger partial charge on any atom is -0.445 e. The molecule has 1 aliphatic rings. The van der Waals surface area contributed by atoms with E-state index in [1.54, 1.807) is 10.4 Å². The van der Waals surface area contributed by atoms with E-state index in [1.807, 2.05) is 30.3 Å². The maximum absolute atomic E-state index is 12.1. The molecular formula is C16H17BrN2O3S. The van der Waals surface area contributed by atoms with Crippen molar-refractivity contribution in [3.63, 3.8) is 0 Å². The Bertz CT molecular complexity index is 669. The molecule has 0 bridgehead atoms. The van der Waals surface area contributed by atoms with E-state index in [4.69, 9.17) is 4.74 Å². The molecule has 1 amide bonds. The number of rotatable bonds is 3. The molecule has 1 aromatic heterocycles. The minimum absolute atomic E-state index is 0.265. The first-order valence-corrected chi connectivity index (χ1v) is 9.03. The molecule has 1 aromatic carbocycles. The molecule has 1 N–H and O–H groups in total. The lowest BCUT2D eigenvalue weighted by atomic mass is 9.90. The van der Waals surface area contributed by atoms with E-state index in [-0.39, 0.29) is 12.7 Å². The summed E-state index contributed by atoms with van der Waals surface area (Å²) in [5.41, 5.74) is 1.75. The number of aromatic nitrogens is 1. The molecule has 23 heavy (non-hydrogen) atoms. The van der Waals surface area contributed by atoms with Crippen LogP contribution in [0.5, 0.6) is 0 Å². The summed E-state index contributed by atoms with van der Waals surface area (Å²) in [6.07, 6.45) is 0.627. The van der Waals surface area contributed by atoms with Gasteiger partial charge in [-0.25, -0.2) is 9.78 Å². The largest absolute Gasteiger partial charge is 0.445 e. The van der Waals surface area contributed by atoms with E-state index >= 15 is 0 Å². The molecule has 0 saturated carbocycles. The maximum atomic E-state index is 12.1. The first-order valence-electron chi connectivity index (χ1n) is 7.36. The Morgan fingerprint density at radius 1 is 1.35 bits per heavy atom. The van der Waals surface area contributed by atoms with Gasteiger partial charge in [0.25, 0.3) is 0 Å². The van der Waals surface area contributed by atoms with Crippen molar-refractivity contribution in [3.8, 4) is 0 Å². The number of carbonyl (C=O) groups is 1. The fraction of sp³-hybridized carbons (Fsp3) is 0.375. The van der Waals surface area contributed by atoms with Crippen LogP contribution in [0.1, 0.15) is 23.3 Å². The van der Waals surface area contributed by atoms with E-state index in [0.717, 1.165) is 10.4 Å². The van der Waals surface area contributed by atoms with Gasteiger partial charge in [0, 0.05) is 13.1 Å². The predicted octanol–water partition coefficient (Wildman–Crippen LogP) is 3.53. The maximum Gasteiger partial charge on any atom is 0.410 e. The molecule has 0 unspecified atom stereocenters. The number of nitrogens with zero attached hydrogens (tertiary/aromatic N) is 2. The zero-order valence-electron chi connectivity index (χ0n) is 12.4. The number of halogens is 1. The van der Waals surface area contributed by atoms with Crippen molar-refractivity contribution in [1.29, 1.82) is 0 Å². The third kappa shape index (κ3) is 3.73. The fourth-order valence-electron chi connectivity index (χ4n) is 2.63. The molecule has 0 aliphatic carbocycles. The highest BCUT2D eigenvalue weighted by Gasteiger charge is 2.38. The standard InChI is InChI=1S/C16H17BrN2O3S/c17-14-13(23-11-18-14)16(21)6-8-19(9-7-16)15(20)22-10-12-4-2-1-3-5-12/h1-5,11,21H,6-10H2. The molecule has 1 saturated heterocycles. The van der Waals surface area contributed by atoms with Crippen molar-refractivity contribution in [1.82, 2.24) is 9.88 Å². The summed E-state index contributed by atoms with van der Waals surface area (Å²) >= 11 is 4.80. The Labute approximate surface area is 147 Å². The summed E-state index contributed by atoms with van der Waals surface area (Å²) in [5, 5.41) is 10.8. The molecule has 2 aromatic rings. The third-order valence-corrected chi connectivity index (χ3v) is 5.88. The van der Waals surface area contributed by atoms with Crippen LogP contribution in [-0.2, 0) is 16.9 Å². The number of thiazole rings is 1. The molecule has 1 aliphatic heterocycles. The lowest BCUT2D eigenvalue weighted by molar-refractivity contribution is -0.0234. The number of carbonyl (C=O) groups excluding carboxylic acids is 1. The van der Waals surface area contributed by atoms with Crippen LogP contribution in [0.15, 0.2) is 40.4 Å². The first-order chi connectivity index (χ1) is 11.1. The second-order valence-electron chi connectivity index (χ2n) is 5.53. The zero-order chi connectivity index (χ0) is 16.3. The van der Waals surface area contributed by atoms with E-state index < -0.39 is 5.60 Å². The van der Waals surface area contributed by atoms with Gasteiger partial charge in [-0.3, -0.25) is 0 Å². The summed E-state index contributed by atoms with van der Waals surface area (Å²) in [5.74, 6) is 0. The number of amides is 1. The van der Waals surface area contributed by atoms with Crippen LogP contribution in [-0.4, -0.2) is 34.2 Å². The number of piperidine rings is 1. The average Bonchev–Trinajstić information content (AvgIpc) is 3.01. The van der Waals surface area contributed by atoms with Crippen LogP contribution in [0, 0.1) is 0 Å². The predicted molar refractivity (Wildman–Crippen MR) is 91.1 cm³/mol. The quantitative estimate of drug-likeness (QED) is 0.861. The summed E-state index contributed by atoms with van der Waals surface area (Å²) in [4.78, 5) is 18.7. The van der Waals surface area contributed by atoms with E-state index in [9.17, 15) is 9.90 Å². The van der Waals surface area contributed by atoms with Gasteiger partial charge in [-0.15, -0.1) is 11.3 Å². The molecule has 2 heterocycles. The summed E-state index contributed by atoms with van der Waals surface area (Å²) in [6.45, 7) is 1.20. The van der Waals surface area contributed by atoms with Crippen molar-refractivity contribution in [2.24, 2.45) is 0 Å². The van der Waals surface area contributed by atoms with Gasteiger partial charge in [0.15, 0.2) is 0 Å². The van der Waals surface area contributed by atoms with Crippen LogP contribution in [0.2, 0.25) is 0 Å². The van der Waals surface area contributed by atoms with E-state index in [1.165, 1.54) is 11.3 Å². The smallest absolute Gasteiger partial charge is 0.410 e. The highest BCUT2D eigenvalue weighted by atomic mass is 79.9. The molecule has 7 heteroatoms. The Kier molecular flexibility index (Phi) is 4.99. The normalized spacial score (nSPS) is 17.0. The minimum atomic E-state index is -0.920. The average molecular weight is 397 g/mol. The Hall–Kier alpha value is -1.44. The molecule has 0 atom stereocenters. The van der Waals surface area contributed by atoms with Crippen LogP contribution >= 0.6 is 27.3 Å². The molecule has 3 rings (SSSR count). The van der Waals surface area contributed by atoms with Crippen LogP contribution < -0.4 is 0 Å². The van der Waals surface area contributed by atoms with Gasteiger partial charge in [0.2, 0.25) is 0 Å². The molecule has 0 radical (unpaired) electrons. The second kappa shape index (κ2) is 6.98. The summed E-state index contributed by atoms with van der Waals surface area (Å²) < 4.78 is 6.02. The Morgan fingerprint density at radius 2 is 2.04 bits per heavy atom. The Morgan fingerprint density at radius 3 is 2.65 bits per heavy atom. The lowest BCUT2D eigenvalue weighted by Crippen LogP contribution is -2.45. The molecule has 0 spiro atoms. The number of hydrogen-bond acceptors (Lipinski definition) is 5. The number of likely N-dealkylation sites (tertiary alicyclic amines) is 1. The van der Waals surface area contributed by atoms with Crippen LogP contribution in [0.25, 0.3) is 0 Å². The van der Waals surface area contributed by atoms with Gasteiger partial charge in [-0.05, 0) is 34.3 Å². The van der Waals surface area contributed by atoms with Gasteiger partial charge in [0.1, 0.15) is 16.8 Å². The van der Waals surface area contributed by atoms with Crippen LogP contribution in [0.3, 0.4) is 0 Å². The zero-order valence-corrected chi connectivity index (χ0v) is 14.8. The van der Waals surface area contributed by atoms with Gasteiger partial charge in [-0.1, -0.05) is 30.3 Å². The monoisotopic (exact) mass is 396 g/mol. The lowest BCUT2D eigenvalue weighted by Gasteiger charge is -2.37. The topological polar surface area (TPSA) is 62.7 Å². The van der Waals surface area contributed by atoms with Gasteiger partial charge in [-0.2, -0.15) is 0 Å². The number of ether oxygens (including phenoxy) is 1. The van der Waals surface area contributed by atoms with Crippen molar-refractivity contribution in [2.45, 2.75) is 25.0 Å². The van der Waals surface area contributed by atoms with Crippen LogP contribution in [0.4, 0.5) is 4.79 Å². The highest BCUT2D eigenvalue weighted by Crippen LogP contribution is 2.39. The number of aliphatic hydroxyl groups is 1. The third-order valence-electron chi connectivity index (χ3n) is 4.00. The molecule has 122 valence electrons. The first kappa shape index (κ1) is 16.4. The van der Waals surface area contributed by atoms with Gasteiger partial charge in [0.05, 0.1) is 10.4 Å². The summed E-state index contributed by atoms with van der Waals surface area (Å²) in [6, 6.07) is 9.59. The summed E-state index contributed by atoms with van der Waals surface area (Å²) in [7, 11) is 0. The van der Waals surface area contributed by atoms with Gasteiger partial charge >= 0.3 is 6.09 Å². The number of hydrogen-bond donors (Lipinski definition) is 1. The van der Waals surface area contributed by atoms with E-state index in [2.05, 4.69) is 20.9 Å². The molecule has 5 nitrogen and oxygen atoms in total. The van der Waals surface area contributed by atoms with Crippen molar-refractivity contribution >= 4 is 33.4 Å². The highest BCUT2D eigenvalue weighted by molar-refractivity contribution is 9.10. The number of benzene rings is 1. The fourth-order valence-corrected chi connectivity index (χ4v) is 4.36.